The van der Waals surface area contributed by atoms with E-state index in [0.29, 0.717) is 11.4 Å². The lowest BCUT2D eigenvalue weighted by Crippen LogP contribution is -2.14. The molecular formula is C13H17NO4. The van der Waals surface area contributed by atoms with Crippen molar-refractivity contribution in [3.05, 3.63) is 22.5 Å². The highest BCUT2D eigenvalue weighted by atomic mass is 16.5. The smallest absolute Gasteiger partial charge is 0.354 e. The molecule has 0 N–H and O–H groups in total. The fourth-order valence-corrected chi connectivity index (χ4v) is 2.66. The molecule has 98 valence electrons. The molecule has 0 amide bonds. The van der Waals surface area contributed by atoms with E-state index in [1.54, 1.807) is 11.6 Å². The Morgan fingerprint density at radius 2 is 1.33 bits per heavy atom. The first-order valence-corrected chi connectivity index (χ1v) is 5.98. The van der Waals surface area contributed by atoms with Crippen molar-refractivity contribution in [2.24, 2.45) is 7.05 Å². The third-order valence-corrected chi connectivity index (χ3v) is 3.47. The van der Waals surface area contributed by atoms with E-state index in [1.165, 1.54) is 14.2 Å². The van der Waals surface area contributed by atoms with E-state index in [1.807, 2.05) is 0 Å². The van der Waals surface area contributed by atoms with Crippen LogP contribution in [-0.4, -0.2) is 30.7 Å². The third kappa shape index (κ3) is 1.79. The van der Waals surface area contributed by atoms with Gasteiger partial charge in [-0.3, -0.25) is 0 Å². The van der Waals surface area contributed by atoms with Crippen molar-refractivity contribution >= 4 is 11.9 Å². The zero-order chi connectivity index (χ0) is 13.3. The quantitative estimate of drug-likeness (QED) is 0.747. The van der Waals surface area contributed by atoms with Gasteiger partial charge >= 0.3 is 11.9 Å². The van der Waals surface area contributed by atoms with E-state index in [0.717, 1.165) is 36.8 Å². The number of aromatic nitrogens is 1. The number of carbonyl (C=O) groups is 2. The van der Waals surface area contributed by atoms with Crippen LogP contribution in [0.2, 0.25) is 0 Å². The Bertz CT molecular complexity index is 458. The molecule has 0 aromatic carbocycles. The van der Waals surface area contributed by atoms with E-state index >= 15 is 0 Å². The lowest BCUT2D eigenvalue weighted by Gasteiger charge is -2.12. The first-order valence-electron chi connectivity index (χ1n) is 5.98. The Hall–Kier alpha value is -1.78. The maximum absolute atomic E-state index is 11.8. The van der Waals surface area contributed by atoms with Crippen molar-refractivity contribution in [1.29, 1.82) is 0 Å². The number of fused-ring (bicyclic) bond motifs is 1. The second kappa shape index (κ2) is 4.84. The molecule has 1 heterocycles. The van der Waals surface area contributed by atoms with Crippen LogP contribution in [0.1, 0.15) is 44.9 Å². The van der Waals surface area contributed by atoms with Gasteiger partial charge in [0.2, 0.25) is 0 Å². The van der Waals surface area contributed by atoms with Crippen LogP contribution in [0.3, 0.4) is 0 Å². The summed E-state index contributed by atoms with van der Waals surface area (Å²) in [6.07, 6.45) is 3.68. The molecular weight excluding hydrogens is 234 g/mol. The summed E-state index contributed by atoms with van der Waals surface area (Å²) >= 11 is 0. The maximum Gasteiger partial charge on any atom is 0.354 e. The Labute approximate surface area is 106 Å². The van der Waals surface area contributed by atoms with Crippen LogP contribution in [0, 0.1) is 0 Å². The molecule has 1 aromatic rings. The van der Waals surface area contributed by atoms with Gasteiger partial charge in [0.05, 0.1) is 14.2 Å². The van der Waals surface area contributed by atoms with Crippen LogP contribution in [-0.2, 0) is 29.4 Å². The highest BCUT2D eigenvalue weighted by molar-refractivity contribution is 5.96. The summed E-state index contributed by atoms with van der Waals surface area (Å²) in [6, 6.07) is 0. The van der Waals surface area contributed by atoms with E-state index in [4.69, 9.17) is 9.47 Å². The van der Waals surface area contributed by atoms with E-state index in [2.05, 4.69) is 0 Å². The highest BCUT2D eigenvalue weighted by Crippen LogP contribution is 2.30. The first-order chi connectivity index (χ1) is 8.61. The summed E-state index contributed by atoms with van der Waals surface area (Å²) in [5.74, 6) is -0.795. The lowest BCUT2D eigenvalue weighted by atomic mass is 9.92. The van der Waals surface area contributed by atoms with Gasteiger partial charge in [-0.1, -0.05) is 0 Å². The van der Waals surface area contributed by atoms with Gasteiger partial charge in [-0.25, -0.2) is 9.59 Å². The topological polar surface area (TPSA) is 57.5 Å². The van der Waals surface area contributed by atoms with E-state index in [-0.39, 0.29) is 0 Å². The van der Waals surface area contributed by atoms with Crippen molar-refractivity contribution in [2.75, 3.05) is 14.2 Å². The van der Waals surface area contributed by atoms with E-state index in [9.17, 15) is 9.59 Å². The predicted octanol–water partition coefficient (Wildman–Crippen LogP) is 1.48. The van der Waals surface area contributed by atoms with Crippen molar-refractivity contribution in [1.82, 2.24) is 4.57 Å². The number of rotatable bonds is 2. The summed E-state index contributed by atoms with van der Waals surface area (Å²) in [5, 5.41) is 0. The average Bonchev–Trinajstić information content (AvgIpc) is 2.69. The Morgan fingerprint density at radius 1 is 0.944 bits per heavy atom. The van der Waals surface area contributed by atoms with Gasteiger partial charge in [0.1, 0.15) is 11.4 Å². The standard InChI is InChI=1S/C13H17NO4/c1-14-10(12(15)17-2)8-6-4-5-7-9(8)11(14)13(16)18-3/h4-7H2,1-3H3. The summed E-state index contributed by atoms with van der Waals surface area (Å²) in [7, 11) is 4.40. The summed E-state index contributed by atoms with van der Waals surface area (Å²) in [6.45, 7) is 0. The average molecular weight is 251 g/mol. The molecule has 0 aliphatic heterocycles. The largest absolute Gasteiger partial charge is 0.464 e. The molecule has 1 aliphatic rings. The molecule has 5 heteroatoms. The zero-order valence-corrected chi connectivity index (χ0v) is 10.9. The minimum atomic E-state index is -0.397. The van der Waals surface area contributed by atoms with Crippen molar-refractivity contribution in [3.63, 3.8) is 0 Å². The SMILES string of the molecule is COC(=O)c1c2c(c(C(=O)OC)n1C)CCCC2. The summed E-state index contributed by atoms with van der Waals surface area (Å²) < 4.78 is 11.2. The number of hydrogen-bond donors (Lipinski definition) is 0. The number of hydrogen-bond acceptors (Lipinski definition) is 4. The molecule has 0 atom stereocenters. The molecule has 1 aromatic heterocycles. The molecule has 0 spiro atoms. The summed E-state index contributed by atoms with van der Waals surface area (Å²) in [4.78, 5) is 23.7. The molecule has 0 saturated heterocycles. The molecule has 0 saturated carbocycles. The predicted molar refractivity (Wildman–Crippen MR) is 64.7 cm³/mol. The molecule has 18 heavy (non-hydrogen) atoms. The van der Waals surface area contributed by atoms with Gasteiger partial charge in [0, 0.05) is 7.05 Å². The van der Waals surface area contributed by atoms with Crippen molar-refractivity contribution < 1.29 is 19.1 Å². The first kappa shape index (κ1) is 12.7. The lowest BCUT2D eigenvalue weighted by molar-refractivity contribution is 0.0579. The van der Waals surface area contributed by atoms with Gasteiger partial charge in [0.25, 0.3) is 0 Å². The molecule has 0 bridgehead atoms. The number of carbonyl (C=O) groups excluding carboxylic acids is 2. The summed E-state index contributed by atoms with van der Waals surface area (Å²) in [5.41, 5.74) is 2.84. The zero-order valence-electron chi connectivity index (χ0n) is 10.9. The Balaban J connectivity index is 2.64. The highest BCUT2D eigenvalue weighted by Gasteiger charge is 2.30. The van der Waals surface area contributed by atoms with Crippen LogP contribution < -0.4 is 0 Å². The number of methoxy groups -OCH3 is 2. The normalized spacial score (nSPS) is 13.9. The number of ether oxygens (including phenoxy) is 2. The molecule has 0 unspecified atom stereocenters. The van der Waals surface area contributed by atoms with Gasteiger partial charge in [-0.2, -0.15) is 0 Å². The van der Waals surface area contributed by atoms with Crippen LogP contribution in [0.25, 0.3) is 0 Å². The van der Waals surface area contributed by atoms with Crippen molar-refractivity contribution in [3.8, 4) is 0 Å². The Kier molecular flexibility index (Phi) is 3.41. The fraction of sp³-hybridized carbons (Fsp3) is 0.538. The minimum absolute atomic E-state index is 0.397. The Morgan fingerprint density at radius 3 is 1.67 bits per heavy atom. The monoisotopic (exact) mass is 251 g/mol. The van der Waals surface area contributed by atoms with Crippen molar-refractivity contribution in [2.45, 2.75) is 25.7 Å². The maximum atomic E-state index is 11.8. The second-order valence-corrected chi connectivity index (χ2v) is 4.40. The molecule has 2 rings (SSSR count). The van der Waals surface area contributed by atoms with Crippen LogP contribution in [0.4, 0.5) is 0 Å². The van der Waals surface area contributed by atoms with E-state index < -0.39 is 11.9 Å². The molecule has 0 radical (unpaired) electrons. The second-order valence-electron chi connectivity index (χ2n) is 4.40. The molecule has 1 aliphatic carbocycles. The minimum Gasteiger partial charge on any atom is -0.464 e. The van der Waals surface area contributed by atoms with Gasteiger partial charge < -0.3 is 14.0 Å². The van der Waals surface area contributed by atoms with Crippen LogP contribution in [0.5, 0.6) is 0 Å². The fourth-order valence-electron chi connectivity index (χ4n) is 2.66. The van der Waals surface area contributed by atoms with Gasteiger partial charge in [0.15, 0.2) is 0 Å². The van der Waals surface area contributed by atoms with Crippen LogP contribution in [0.15, 0.2) is 0 Å². The van der Waals surface area contributed by atoms with Gasteiger partial charge in [-0.05, 0) is 36.8 Å². The third-order valence-electron chi connectivity index (χ3n) is 3.47. The van der Waals surface area contributed by atoms with Crippen LogP contribution >= 0.6 is 0 Å². The van der Waals surface area contributed by atoms with Gasteiger partial charge in [-0.15, -0.1) is 0 Å². The molecule has 5 nitrogen and oxygen atoms in total. The number of nitrogens with zero attached hydrogens (tertiary/aromatic N) is 1. The molecule has 0 fully saturated rings. The number of esters is 2.